The number of benzene rings is 1. The van der Waals surface area contributed by atoms with Crippen molar-refractivity contribution in [1.29, 1.82) is 0 Å². The SMILES string of the molecule is CCCCCOc1ccc(CNCc2cncs2)cc1. The van der Waals surface area contributed by atoms with Crippen LogP contribution in [0.1, 0.15) is 36.6 Å². The Morgan fingerprint density at radius 3 is 2.70 bits per heavy atom. The van der Waals surface area contributed by atoms with Gasteiger partial charge >= 0.3 is 0 Å². The molecule has 2 rings (SSSR count). The number of aromatic nitrogens is 1. The van der Waals surface area contributed by atoms with E-state index in [-0.39, 0.29) is 0 Å². The zero-order valence-electron chi connectivity index (χ0n) is 12.0. The lowest BCUT2D eigenvalue weighted by Gasteiger charge is -2.07. The van der Waals surface area contributed by atoms with Crippen molar-refractivity contribution in [2.75, 3.05) is 6.61 Å². The van der Waals surface area contributed by atoms with Crippen LogP contribution < -0.4 is 10.1 Å². The zero-order valence-corrected chi connectivity index (χ0v) is 12.8. The van der Waals surface area contributed by atoms with Gasteiger partial charge in [0.2, 0.25) is 0 Å². The Morgan fingerprint density at radius 1 is 1.15 bits per heavy atom. The maximum absolute atomic E-state index is 5.70. The van der Waals surface area contributed by atoms with Crippen molar-refractivity contribution in [3.8, 4) is 5.75 Å². The van der Waals surface area contributed by atoms with Gasteiger partial charge in [-0.25, -0.2) is 0 Å². The predicted molar refractivity (Wildman–Crippen MR) is 84.1 cm³/mol. The molecule has 108 valence electrons. The van der Waals surface area contributed by atoms with E-state index in [2.05, 4.69) is 41.5 Å². The molecule has 0 unspecified atom stereocenters. The summed E-state index contributed by atoms with van der Waals surface area (Å²) < 4.78 is 5.70. The van der Waals surface area contributed by atoms with Crippen molar-refractivity contribution in [3.05, 3.63) is 46.4 Å². The van der Waals surface area contributed by atoms with E-state index in [0.717, 1.165) is 31.9 Å². The Morgan fingerprint density at radius 2 is 2.00 bits per heavy atom. The molecule has 1 N–H and O–H groups in total. The van der Waals surface area contributed by atoms with Gasteiger partial charge < -0.3 is 10.1 Å². The van der Waals surface area contributed by atoms with Crippen LogP contribution in [-0.2, 0) is 13.1 Å². The summed E-state index contributed by atoms with van der Waals surface area (Å²) in [5.41, 5.74) is 3.14. The Kier molecular flexibility index (Phi) is 6.54. The van der Waals surface area contributed by atoms with E-state index in [4.69, 9.17) is 4.74 Å². The maximum atomic E-state index is 5.70. The Bertz CT molecular complexity index is 468. The van der Waals surface area contributed by atoms with E-state index in [9.17, 15) is 0 Å². The van der Waals surface area contributed by atoms with Crippen LogP contribution in [0.5, 0.6) is 5.75 Å². The third-order valence-electron chi connectivity index (χ3n) is 3.05. The first kappa shape index (κ1) is 15.0. The van der Waals surface area contributed by atoms with Gasteiger partial charge in [-0.15, -0.1) is 11.3 Å². The Hall–Kier alpha value is -1.39. The lowest BCUT2D eigenvalue weighted by atomic mass is 10.2. The highest BCUT2D eigenvalue weighted by molar-refractivity contribution is 7.09. The van der Waals surface area contributed by atoms with Crippen molar-refractivity contribution in [1.82, 2.24) is 10.3 Å². The van der Waals surface area contributed by atoms with Crippen LogP contribution in [0.15, 0.2) is 36.0 Å². The highest BCUT2D eigenvalue weighted by Crippen LogP contribution is 2.13. The molecule has 0 aliphatic carbocycles. The van der Waals surface area contributed by atoms with E-state index in [0.29, 0.717) is 0 Å². The minimum Gasteiger partial charge on any atom is -0.494 e. The van der Waals surface area contributed by atoms with Crippen LogP contribution in [0, 0.1) is 0 Å². The molecule has 1 aromatic heterocycles. The van der Waals surface area contributed by atoms with E-state index in [1.165, 1.54) is 23.3 Å². The molecule has 4 heteroatoms. The Balaban J connectivity index is 1.68. The summed E-state index contributed by atoms with van der Waals surface area (Å²) in [4.78, 5) is 5.33. The van der Waals surface area contributed by atoms with Crippen LogP contribution in [0.3, 0.4) is 0 Å². The smallest absolute Gasteiger partial charge is 0.119 e. The van der Waals surface area contributed by atoms with Crippen LogP contribution >= 0.6 is 11.3 Å². The van der Waals surface area contributed by atoms with Crippen molar-refractivity contribution < 1.29 is 4.74 Å². The molecule has 1 heterocycles. The third kappa shape index (κ3) is 5.31. The van der Waals surface area contributed by atoms with Crippen molar-refractivity contribution in [2.45, 2.75) is 39.3 Å². The zero-order chi connectivity index (χ0) is 14.0. The fourth-order valence-corrected chi connectivity index (χ4v) is 2.47. The van der Waals surface area contributed by atoms with E-state index in [1.807, 2.05) is 11.7 Å². The lowest BCUT2D eigenvalue weighted by molar-refractivity contribution is 0.306. The molecule has 0 spiro atoms. The molecule has 0 saturated heterocycles. The first-order valence-electron chi connectivity index (χ1n) is 7.18. The molecule has 20 heavy (non-hydrogen) atoms. The molecule has 0 aliphatic rings. The summed E-state index contributed by atoms with van der Waals surface area (Å²) in [7, 11) is 0. The minimum absolute atomic E-state index is 0.816. The average Bonchev–Trinajstić information content (AvgIpc) is 2.98. The molecule has 0 amide bonds. The number of hydrogen-bond acceptors (Lipinski definition) is 4. The highest BCUT2D eigenvalue weighted by atomic mass is 32.1. The number of nitrogens with zero attached hydrogens (tertiary/aromatic N) is 1. The molecule has 0 atom stereocenters. The highest BCUT2D eigenvalue weighted by Gasteiger charge is 1.97. The van der Waals surface area contributed by atoms with Gasteiger partial charge in [-0.3, -0.25) is 4.98 Å². The number of ether oxygens (including phenoxy) is 1. The van der Waals surface area contributed by atoms with Gasteiger partial charge in [-0.1, -0.05) is 31.9 Å². The summed E-state index contributed by atoms with van der Waals surface area (Å²) in [6, 6.07) is 8.34. The van der Waals surface area contributed by atoms with Gasteiger partial charge in [-0.05, 0) is 24.1 Å². The molecule has 0 radical (unpaired) electrons. The van der Waals surface area contributed by atoms with Gasteiger partial charge in [0.25, 0.3) is 0 Å². The number of hydrogen-bond donors (Lipinski definition) is 1. The van der Waals surface area contributed by atoms with Gasteiger partial charge in [0.1, 0.15) is 5.75 Å². The second-order valence-corrected chi connectivity index (χ2v) is 5.74. The first-order valence-corrected chi connectivity index (χ1v) is 8.06. The number of thiazole rings is 1. The summed E-state index contributed by atoms with van der Waals surface area (Å²) >= 11 is 1.68. The van der Waals surface area contributed by atoms with Crippen LogP contribution in [0.2, 0.25) is 0 Å². The van der Waals surface area contributed by atoms with Gasteiger partial charge in [0.15, 0.2) is 0 Å². The topological polar surface area (TPSA) is 34.1 Å². The number of rotatable bonds is 9. The van der Waals surface area contributed by atoms with Crippen LogP contribution in [0.4, 0.5) is 0 Å². The normalized spacial score (nSPS) is 10.7. The van der Waals surface area contributed by atoms with Gasteiger partial charge in [0, 0.05) is 24.2 Å². The molecular weight excluding hydrogens is 268 g/mol. The van der Waals surface area contributed by atoms with Crippen LogP contribution in [-0.4, -0.2) is 11.6 Å². The van der Waals surface area contributed by atoms with Crippen molar-refractivity contribution in [2.24, 2.45) is 0 Å². The molecule has 1 aromatic carbocycles. The fourth-order valence-electron chi connectivity index (χ4n) is 1.91. The molecule has 0 bridgehead atoms. The van der Waals surface area contributed by atoms with E-state index >= 15 is 0 Å². The monoisotopic (exact) mass is 290 g/mol. The van der Waals surface area contributed by atoms with Gasteiger partial charge in [-0.2, -0.15) is 0 Å². The standard InChI is InChI=1S/C16H22N2OS/c1-2-3-4-9-19-15-7-5-14(6-8-15)10-17-11-16-12-18-13-20-16/h5-8,12-13,17H,2-4,9-11H2,1H3. The minimum atomic E-state index is 0.816. The second-order valence-electron chi connectivity index (χ2n) is 4.77. The van der Waals surface area contributed by atoms with Crippen LogP contribution in [0.25, 0.3) is 0 Å². The van der Waals surface area contributed by atoms with E-state index < -0.39 is 0 Å². The number of nitrogens with one attached hydrogen (secondary N) is 1. The summed E-state index contributed by atoms with van der Waals surface area (Å²) in [5, 5.41) is 3.41. The lowest BCUT2D eigenvalue weighted by Crippen LogP contribution is -2.11. The maximum Gasteiger partial charge on any atom is 0.119 e. The second kappa shape index (κ2) is 8.72. The molecule has 0 fully saturated rings. The third-order valence-corrected chi connectivity index (χ3v) is 3.83. The summed E-state index contributed by atoms with van der Waals surface area (Å²) in [6.07, 6.45) is 5.51. The quantitative estimate of drug-likeness (QED) is 0.709. The summed E-state index contributed by atoms with van der Waals surface area (Å²) in [5.74, 6) is 0.965. The van der Waals surface area contributed by atoms with Crippen molar-refractivity contribution >= 4 is 11.3 Å². The first-order chi connectivity index (χ1) is 9.88. The largest absolute Gasteiger partial charge is 0.494 e. The molecule has 0 saturated carbocycles. The summed E-state index contributed by atoms with van der Waals surface area (Å²) in [6.45, 7) is 4.76. The Labute approximate surface area is 125 Å². The number of unbranched alkanes of at least 4 members (excludes halogenated alkanes) is 2. The average molecular weight is 290 g/mol. The fraction of sp³-hybridized carbons (Fsp3) is 0.438. The molecule has 0 aliphatic heterocycles. The van der Waals surface area contributed by atoms with Gasteiger partial charge in [0.05, 0.1) is 12.1 Å². The predicted octanol–water partition coefficient (Wildman–Crippen LogP) is 4.00. The molecular formula is C16H22N2OS. The van der Waals surface area contributed by atoms with E-state index in [1.54, 1.807) is 11.3 Å². The molecule has 2 aromatic rings. The van der Waals surface area contributed by atoms with Crippen molar-refractivity contribution in [3.63, 3.8) is 0 Å². The molecule has 3 nitrogen and oxygen atoms in total.